The summed E-state index contributed by atoms with van der Waals surface area (Å²) in [5.41, 5.74) is 2.45. The van der Waals surface area contributed by atoms with Crippen LogP contribution in [-0.2, 0) is 22.6 Å². The van der Waals surface area contributed by atoms with E-state index in [0.29, 0.717) is 25.8 Å². The lowest BCUT2D eigenvalue weighted by Gasteiger charge is -2.36. The molecule has 2 aliphatic heterocycles. The minimum absolute atomic E-state index is 0. The van der Waals surface area contributed by atoms with E-state index < -0.39 is 0 Å². The summed E-state index contributed by atoms with van der Waals surface area (Å²) in [6.07, 6.45) is 0.218. The Labute approximate surface area is 214 Å². The number of hydrogen-bond acceptors (Lipinski definition) is 5. The van der Waals surface area contributed by atoms with E-state index in [1.54, 1.807) is 7.11 Å². The van der Waals surface area contributed by atoms with Crippen LogP contribution >= 0.6 is 24.0 Å². The van der Waals surface area contributed by atoms with E-state index in [0.717, 1.165) is 50.1 Å². The number of benzene rings is 2. The monoisotopic (exact) mass is 566 g/mol. The van der Waals surface area contributed by atoms with Gasteiger partial charge in [0.25, 0.3) is 0 Å². The molecule has 0 bridgehead atoms. The van der Waals surface area contributed by atoms with E-state index in [2.05, 4.69) is 50.4 Å². The summed E-state index contributed by atoms with van der Waals surface area (Å²) in [7, 11) is 3.51. The first kappa shape index (κ1) is 25.7. The van der Waals surface area contributed by atoms with Gasteiger partial charge in [-0.15, -0.1) is 24.0 Å². The van der Waals surface area contributed by atoms with Crippen LogP contribution in [0.3, 0.4) is 0 Å². The Kier molecular flexibility index (Phi) is 10.2. The Morgan fingerprint density at radius 1 is 1.12 bits per heavy atom. The van der Waals surface area contributed by atoms with Crippen LogP contribution in [0.5, 0.6) is 5.75 Å². The predicted molar refractivity (Wildman–Crippen MR) is 141 cm³/mol. The first-order valence-electron chi connectivity index (χ1n) is 11.3. The van der Waals surface area contributed by atoms with Crippen LogP contribution in [0.4, 0.5) is 0 Å². The fourth-order valence-electron chi connectivity index (χ4n) is 4.47. The number of nitrogens with zero attached hydrogens (tertiary/aromatic N) is 3. The van der Waals surface area contributed by atoms with Gasteiger partial charge in [-0.25, -0.2) is 0 Å². The third-order valence-corrected chi connectivity index (χ3v) is 6.09. The average Bonchev–Trinajstić information content (AvgIpc) is 3.27. The molecule has 0 amide bonds. The number of methoxy groups -OCH3 is 1. The Hall–Kier alpha value is -1.88. The number of hydrogen-bond donors (Lipinski definition) is 1. The quantitative estimate of drug-likeness (QED) is 0.230. The Balaban J connectivity index is 0.00000306. The molecule has 1 N–H and O–H groups in total. The highest BCUT2D eigenvalue weighted by atomic mass is 127. The second kappa shape index (κ2) is 13.1. The first-order chi connectivity index (χ1) is 15.8. The van der Waals surface area contributed by atoms with Crippen molar-refractivity contribution in [3.63, 3.8) is 0 Å². The smallest absolute Gasteiger partial charge is 0.193 e. The maximum Gasteiger partial charge on any atom is 0.193 e. The molecular formula is C25H35IN4O3. The highest BCUT2D eigenvalue weighted by Crippen LogP contribution is 2.24. The Bertz CT molecular complexity index is 883. The number of morpholine rings is 1. The molecule has 2 heterocycles. The third-order valence-electron chi connectivity index (χ3n) is 6.09. The van der Waals surface area contributed by atoms with E-state index in [1.807, 2.05) is 31.3 Å². The van der Waals surface area contributed by atoms with Gasteiger partial charge in [0.05, 0.1) is 39.1 Å². The number of likely N-dealkylation sites (tertiary alicyclic amines) is 1. The van der Waals surface area contributed by atoms with Gasteiger partial charge in [-0.2, -0.15) is 0 Å². The zero-order chi connectivity index (χ0) is 22.2. The second-order valence-corrected chi connectivity index (χ2v) is 8.22. The van der Waals surface area contributed by atoms with Crippen molar-refractivity contribution in [3.05, 3.63) is 65.7 Å². The van der Waals surface area contributed by atoms with E-state index in [1.165, 1.54) is 5.56 Å². The summed E-state index contributed by atoms with van der Waals surface area (Å²) in [5, 5.41) is 3.45. The van der Waals surface area contributed by atoms with Gasteiger partial charge in [0.1, 0.15) is 5.75 Å². The highest BCUT2D eigenvalue weighted by Gasteiger charge is 2.41. The van der Waals surface area contributed by atoms with Crippen LogP contribution in [0.1, 0.15) is 11.1 Å². The first-order valence-corrected chi connectivity index (χ1v) is 11.3. The maximum absolute atomic E-state index is 6.10. The fraction of sp³-hybridized carbons (Fsp3) is 0.480. The summed E-state index contributed by atoms with van der Waals surface area (Å²) in [4.78, 5) is 9.36. The minimum atomic E-state index is 0. The van der Waals surface area contributed by atoms with Gasteiger partial charge in [0.15, 0.2) is 5.96 Å². The van der Waals surface area contributed by atoms with Crippen LogP contribution < -0.4 is 10.1 Å². The summed E-state index contributed by atoms with van der Waals surface area (Å²) < 4.78 is 17.2. The molecule has 2 saturated heterocycles. The number of ether oxygens (including phenoxy) is 3. The second-order valence-electron chi connectivity index (χ2n) is 8.22. The SMILES string of the molecule is CN=C(NCCOCc1cccc(OC)c1)N1CC2OCCN(Cc3ccccc3)C2C1.I. The molecule has 8 heteroatoms. The van der Waals surface area contributed by atoms with Crippen LogP contribution in [0, 0.1) is 0 Å². The molecule has 2 unspecified atom stereocenters. The van der Waals surface area contributed by atoms with Gasteiger partial charge >= 0.3 is 0 Å². The fourth-order valence-corrected chi connectivity index (χ4v) is 4.47. The van der Waals surface area contributed by atoms with Crippen molar-refractivity contribution in [2.75, 3.05) is 53.6 Å². The van der Waals surface area contributed by atoms with E-state index in [9.17, 15) is 0 Å². The summed E-state index contributed by atoms with van der Waals surface area (Å²) >= 11 is 0. The summed E-state index contributed by atoms with van der Waals surface area (Å²) in [5.74, 6) is 1.76. The summed E-state index contributed by atoms with van der Waals surface area (Å²) in [6, 6.07) is 19.0. The molecule has 33 heavy (non-hydrogen) atoms. The number of fused-ring (bicyclic) bond motifs is 1. The van der Waals surface area contributed by atoms with E-state index in [-0.39, 0.29) is 30.1 Å². The number of halogens is 1. The normalized spacial score (nSPS) is 20.8. The van der Waals surface area contributed by atoms with Gasteiger partial charge < -0.3 is 24.4 Å². The molecule has 2 aromatic carbocycles. The van der Waals surface area contributed by atoms with Crippen LogP contribution in [-0.4, -0.2) is 81.5 Å². The molecule has 2 fully saturated rings. The van der Waals surface area contributed by atoms with E-state index >= 15 is 0 Å². The van der Waals surface area contributed by atoms with Crippen molar-refractivity contribution in [2.45, 2.75) is 25.3 Å². The summed E-state index contributed by atoms with van der Waals surface area (Å²) in [6.45, 7) is 6.36. The van der Waals surface area contributed by atoms with Crippen LogP contribution in [0.15, 0.2) is 59.6 Å². The van der Waals surface area contributed by atoms with Gasteiger partial charge in [-0.3, -0.25) is 9.89 Å². The number of aliphatic imine (C=N–C) groups is 1. The zero-order valence-corrected chi connectivity index (χ0v) is 21.8. The van der Waals surface area contributed by atoms with E-state index in [4.69, 9.17) is 14.2 Å². The number of nitrogens with one attached hydrogen (secondary N) is 1. The maximum atomic E-state index is 6.10. The predicted octanol–water partition coefficient (Wildman–Crippen LogP) is 2.99. The molecule has 7 nitrogen and oxygen atoms in total. The molecule has 0 saturated carbocycles. The molecule has 2 aliphatic rings. The minimum Gasteiger partial charge on any atom is -0.497 e. The van der Waals surface area contributed by atoms with Gasteiger partial charge in [-0.05, 0) is 23.3 Å². The number of guanidine groups is 1. The van der Waals surface area contributed by atoms with Gasteiger partial charge in [-0.1, -0.05) is 42.5 Å². The molecule has 0 radical (unpaired) electrons. The van der Waals surface area contributed by atoms with Gasteiger partial charge in [0, 0.05) is 39.8 Å². The lowest BCUT2D eigenvalue weighted by atomic mass is 10.1. The van der Waals surface area contributed by atoms with Crippen molar-refractivity contribution in [1.29, 1.82) is 0 Å². The molecule has 180 valence electrons. The molecule has 4 rings (SSSR count). The molecule has 0 aliphatic carbocycles. The zero-order valence-electron chi connectivity index (χ0n) is 19.5. The largest absolute Gasteiger partial charge is 0.497 e. The Morgan fingerprint density at radius 3 is 2.73 bits per heavy atom. The topological polar surface area (TPSA) is 58.6 Å². The molecule has 2 aromatic rings. The molecule has 0 spiro atoms. The standard InChI is InChI=1S/C25H34N4O3.HI/c1-26-25(27-11-13-31-19-21-9-6-10-22(15-21)30-2)29-17-23-24(18-29)32-14-12-28(23)16-20-7-4-3-5-8-20;/h3-10,15,23-24H,11-14,16-19H2,1-2H3,(H,26,27);1H. The van der Waals surface area contributed by atoms with Gasteiger partial charge in [0.2, 0.25) is 0 Å². The lowest BCUT2D eigenvalue weighted by Crippen LogP contribution is -2.50. The third kappa shape index (κ3) is 7.05. The van der Waals surface area contributed by atoms with Crippen molar-refractivity contribution in [2.24, 2.45) is 4.99 Å². The van der Waals surface area contributed by atoms with Crippen LogP contribution in [0.2, 0.25) is 0 Å². The molecule has 0 aromatic heterocycles. The van der Waals surface area contributed by atoms with Crippen molar-refractivity contribution >= 4 is 29.9 Å². The molecule has 2 atom stereocenters. The van der Waals surface area contributed by atoms with Crippen LogP contribution in [0.25, 0.3) is 0 Å². The lowest BCUT2D eigenvalue weighted by molar-refractivity contribution is -0.0502. The highest BCUT2D eigenvalue weighted by molar-refractivity contribution is 14.0. The van der Waals surface area contributed by atoms with Crippen molar-refractivity contribution in [3.8, 4) is 5.75 Å². The van der Waals surface area contributed by atoms with Crippen molar-refractivity contribution in [1.82, 2.24) is 15.1 Å². The van der Waals surface area contributed by atoms with Crippen molar-refractivity contribution < 1.29 is 14.2 Å². The average molecular weight is 566 g/mol. The molecular weight excluding hydrogens is 531 g/mol. The number of rotatable bonds is 8. The Morgan fingerprint density at radius 2 is 1.94 bits per heavy atom.